The number of aromatic nitrogens is 2. The molecule has 0 unspecified atom stereocenters. The van der Waals surface area contributed by atoms with E-state index in [4.69, 9.17) is 0 Å². The van der Waals surface area contributed by atoms with Crippen LogP contribution in [0.2, 0.25) is 0 Å². The Morgan fingerprint density at radius 1 is 1.41 bits per heavy atom. The highest BCUT2D eigenvalue weighted by Crippen LogP contribution is 2.28. The third kappa shape index (κ3) is 3.30. The van der Waals surface area contributed by atoms with Crippen molar-refractivity contribution in [2.24, 2.45) is 7.05 Å². The van der Waals surface area contributed by atoms with Crippen LogP contribution in [0, 0.1) is 0 Å². The molecule has 4 nitrogen and oxygen atoms in total. The van der Waals surface area contributed by atoms with Gasteiger partial charge in [0.2, 0.25) is 0 Å². The molecular formula is C13H23N3O. The van der Waals surface area contributed by atoms with E-state index in [1.54, 1.807) is 0 Å². The van der Waals surface area contributed by atoms with Crippen LogP contribution in [-0.2, 0) is 13.6 Å². The van der Waals surface area contributed by atoms with E-state index in [2.05, 4.69) is 16.9 Å². The second kappa shape index (κ2) is 5.19. The maximum atomic E-state index is 10.5. The Kier molecular flexibility index (Phi) is 3.84. The smallest absolute Gasteiger partial charge is 0.122 e. The maximum absolute atomic E-state index is 10.5. The van der Waals surface area contributed by atoms with Crippen molar-refractivity contribution >= 4 is 0 Å². The second-order valence-corrected chi connectivity index (χ2v) is 5.41. The van der Waals surface area contributed by atoms with E-state index >= 15 is 0 Å². The van der Waals surface area contributed by atoms with Crippen LogP contribution in [0.5, 0.6) is 0 Å². The van der Waals surface area contributed by atoms with Crippen molar-refractivity contribution < 1.29 is 5.11 Å². The van der Waals surface area contributed by atoms with E-state index in [9.17, 15) is 5.11 Å². The van der Waals surface area contributed by atoms with Crippen molar-refractivity contribution in [3.05, 3.63) is 18.2 Å². The van der Waals surface area contributed by atoms with E-state index in [1.807, 2.05) is 24.0 Å². The molecule has 96 valence electrons. The first-order chi connectivity index (χ1) is 8.09. The molecule has 0 bridgehead atoms. The van der Waals surface area contributed by atoms with Crippen LogP contribution in [-0.4, -0.2) is 38.8 Å². The first kappa shape index (κ1) is 12.6. The molecule has 0 radical (unpaired) electrons. The molecule has 4 heteroatoms. The standard InChI is InChI=1S/C13H23N3O/c1-15(10-12-14-8-9-16(12)2)11-13(17)6-4-3-5-7-13/h8-9,17H,3-7,10-11H2,1-2H3. The third-order valence-corrected chi connectivity index (χ3v) is 3.68. The molecule has 17 heavy (non-hydrogen) atoms. The number of nitrogens with zero attached hydrogens (tertiary/aromatic N) is 3. The lowest BCUT2D eigenvalue weighted by Gasteiger charge is -2.35. The molecule has 1 aliphatic rings. The lowest BCUT2D eigenvalue weighted by Crippen LogP contribution is -2.42. The van der Waals surface area contributed by atoms with Crippen molar-refractivity contribution in [1.29, 1.82) is 0 Å². The molecule has 0 aromatic carbocycles. The van der Waals surface area contributed by atoms with Gasteiger partial charge in [0.25, 0.3) is 0 Å². The number of rotatable bonds is 4. The first-order valence-electron chi connectivity index (χ1n) is 6.46. The maximum Gasteiger partial charge on any atom is 0.122 e. The number of aliphatic hydroxyl groups is 1. The lowest BCUT2D eigenvalue weighted by atomic mass is 9.84. The normalized spacial score (nSPS) is 19.8. The Morgan fingerprint density at radius 2 is 2.12 bits per heavy atom. The Morgan fingerprint density at radius 3 is 2.71 bits per heavy atom. The number of hydrogen-bond acceptors (Lipinski definition) is 3. The van der Waals surface area contributed by atoms with Crippen molar-refractivity contribution in [1.82, 2.24) is 14.5 Å². The van der Waals surface area contributed by atoms with Crippen molar-refractivity contribution in [3.63, 3.8) is 0 Å². The van der Waals surface area contributed by atoms with Gasteiger partial charge >= 0.3 is 0 Å². The van der Waals surface area contributed by atoms with Gasteiger partial charge in [-0.25, -0.2) is 4.98 Å². The SMILES string of the molecule is CN(Cc1nccn1C)CC1(O)CCCCC1. The molecule has 0 amide bonds. The van der Waals surface area contributed by atoms with Crippen LogP contribution in [0.4, 0.5) is 0 Å². The van der Waals surface area contributed by atoms with E-state index < -0.39 is 5.60 Å². The Hall–Kier alpha value is -0.870. The van der Waals surface area contributed by atoms with Crippen molar-refractivity contribution in [2.75, 3.05) is 13.6 Å². The monoisotopic (exact) mass is 237 g/mol. The number of aryl methyl sites for hydroxylation is 1. The predicted octanol–water partition coefficient (Wildman–Crippen LogP) is 1.55. The largest absolute Gasteiger partial charge is 0.389 e. The number of likely N-dealkylation sites (N-methyl/N-ethyl adjacent to an activating group) is 1. The quantitative estimate of drug-likeness (QED) is 0.864. The second-order valence-electron chi connectivity index (χ2n) is 5.41. The first-order valence-corrected chi connectivity index (χ1v) is 6.46. The zero-order valence-electron chi connectivity index (χ0n) is 10.9. The van der Waals surface area contributed by atoms with Crippen LogP contribution in [0.3, 0.4) is 0 Å². The van der Waals surface area contributed by atoms with Gasteiger partial charge in [0.15, 0.2) is 0 Å². The minimum absolute atomic E-state index is 0.474. The summed E-state index contributed by atoms with van der Waals surface area (Å²) < 4.78 is 2.03. The van der Waals surface area contributed by atoms with E-state index in [1.165, 1.54) is 6.42 Å². The highest BCUT2D eigenvalue weighted by Gasteiger charge is 2.30. The van der Waals surface area contributed by atoms with Crippen LogP contribution in [0.1, 0.15) is 37.9 Å². The fourth-order valence-electron chi connectivity index (χ4n) is 2.72. The topological polar surface area (TPSA) is 41.3 Å². The molecule has 0 aliphatic heterocycles. The zero-order chi connectivity index (χ0) is 12.3. The highest BCUT2D eigenvalue weighted by molar-refractivity contribution is 4.92. The van der Waals surface area contributed by atoms with Gasteiger partial charge in [-0.3, -0.25) is 4.90 Å². The fourth-order valence-corrected chi connectivity index (χ4v) is 2.72. The van der Waals surface area contributed by atoms with E-state index in [-0.39, 0.29) is 0 Å². The molecule has 1 aliphatic carbocycles. The average molecular weight is 237 g/mol. The van der Waals surface area contributed by atoms with Gasteiger partial charge in [0.1, 0.15) is 5.82 Å². The minimum atomic E-state index is -0.474. The molecule has 1 aromatic heterocycles. The summed E-state index contributed by atoms with van der Waals surface area (Å²) in [5.74, 6) is 1.05. The molecule has 1 saturated carbocycles. The van der Waals surface area contributed by atoms with Gasteiger partial charge in [-0.2, -0.15) is 0 Å². The Balaban J connectivity index is 1.88. The molecule has 0 atom stereocenters. The average Bonchev–Trinajstić information content (AvgIpc) is 2.64. The lowest BCUT2D eigenvalue weighted by molar-refractivity contribution is -0.0228. The molecule has 1 heterocycles. The predicted molar refractivity (Wildman–Crippen MR) is 67.6 cm³/mol. The van der Waals surface area contributed by atoms with Gasteiger partial charge in [0, 0.05) is 26.0 Å². The molecule has 1 N–H and O–H groups in total. The fraction of sp³-hybridized carbons (Fsp3) is 0.769. The molecule has 1 fully saturated rings. The molecule has 1 aromatic rings. The summed E-state index contributed by atoms with van der Waals surface area (Å²) in [6.45, 7) is 1.55. The van der Waals surface area contributed by atoms with Crippen molar-refractivity contribution in [2.45, 2.75) is 44.2 Å². The van der Waals surface area contributed by atoms with Gasteiger partial charge in [-0.15, -0.1) is 0 Å². The number of hydrogen-bond donors (Lipinski definition) is 1. The molecule has 0 saturated heterocycles. The van der Waals surface area contributed by atoms with E-state index in [0.717, 1.165) is 44.6 Å². The minimum Gasteiger partial charge on any atom is -0.389 e. The van der Waals surface area contributed by atoms with Crippen molar-refractivity contribution in [3.8, 4) is 0 Å². The molecule has 2 rings (SSSR count). The Bertz CT molecular complexity index is 355. The van der Waals surface area contributed by atoms with Gasteiger partial charge in [0.05, 0.1) is 12.1 Å². The van der Waals surface area contributed by atoms with Crippen LogP contribution >= 0.6 is 0 Å². The van der Waals surface area contributed by atoms with Gasteiger partial charge in [-0.05, 0) is 19.9 Å². The summed E-state index contributed by atoms with van der Waals surface area (Å²) >= 11 is 0. The number of imidazole rings is 1. The van der Waals surface area contributed by atoms with Crippen LogP contribution in [0.25, 0.3) is 0 Å². The van der Waals surface area contributed by atoms with E-state index in [0.29, 0.717) is 0 Å². The summed E-state index contributed by atoms with van der Waals surface area (Å²) in [4.78, 5) is 6.49. The van der Waals surface area contributed by atoms with Crippen LogP contribution in [0.15, 0.2) is 12.4 Å². The van der Waals surface area contributed by atoms with Crippen LogP contribution < -0.4 is 0 Å². The van der Waals surface area contributed by atoms with Gasteiger partial charge in [-0.1, -0.05) is 19.3 Å². The summed E-state index contributed by atoms with van der Waals surface area (Å²) in [6, 6.07) is 0. The summed E-state index contributed by atoms with van der Waals surface area (Å²) in [5.41, 5.74) is -0.474. The molecular weight excluding hydrogens is 214 g/mol. The summed E-state index contributed by atoms with van der Waals surface area (Å²) in [7, 11) is 4.06. The van der Waals surface area contributed by atoms with Gasteiger partial charge < -0.3 is 9.67 Å². The highest BCUT2D eigenvalue weighted by atomic mass is 16.3. The zero-order valence-corrected chi connectivity index (χ0v) is 10.9. The Labute approximate surface area is 103 Å². The third-order valence-electron chi connectivity index (χ3n) is 3.68. The molecule has 0 spiro atoms. The summed E-state index contributed by atoms with van der Waals surface area (Å²) in [5, 5.41) is 10.5. The summed E-state index contributed by atoms with van der Waals surface area (Å²) in [6.07, 6.45) is 9.25.